The molecule has 27 heavy (non-hydrogen) atoms. The van der Waals surface area contributed by atoms with Gasteiger partial charge in [-0.25, -0.2) is 0 Å². The summed E-state index contributed by atoms with van der Waals surface area (Å²) in [6.45, 7) is 4.70. The Labute approximate surface area is 161 Å². The first-order valence-corrected chi connectivity index (χ1v) is 9.79. The van der Waals surface area contributed by atoms with E-state index in [1.807, 2.05) is 24.3 Å². The zero-order valence-electron chi connectivity index (χ0n) is 16.6. The first-order chi connectivity index (χ1) is 12.9. The predicted molar refractivity (Wildman–Crippen MR) is 107 cm³/mol. The average molecular weight is 364 g/mol. The topological polar surface area (TPSA) is 35.5 Å². The lowest BCUT2D eigenvalue weighted by molar-refractivity contribution is 0.0797. The van der Waals surface area contributed by atoms with Gasteiger partial charge < -0.3 is 9.47 Å². The molecule has 4 rings (SSSR count). The molecule has 2 aliphatic rings. The summed E-state index contributed by atoms with van der Waals surface area (Å²) in [7, 11) is 3.36. The van der Waals surface area contributed by atoms with Crippen molar-refractivity contribution < 1.29 is 14.3 Å². The minimum Gasteiger partial charge on any atom is -0.497 e. The smallest absolute Gasteiger partial charge is 0.170 e. The Bertz CT molecular complexity index is 850. The normalized spacial score (nSPS) is 26.1. The van der Waals surface area contributed by atoms with Gasteiger partial charge in [0.05, 0.1) is 20.1 Å². The Hall–Kier alpha value is -2.29. The largest absolute Gasteiger partial charge is 0.497 e. The molecule has 2 aliphatic carbocycles. The van der Waals surface area contributed by atoms with E-state index in [0.29, 0.717) is 17.3 Å². The number of fused-ring (bicyclic) bond motifs is 3. The second kappa shape index (κ2) is 6.70. The maximum absolute atomic E-state index is 13.5. The zero-order chi connectivity index (χ0) is 19.2. The van der Waals surface area contributed by atoms with E-state index < -0.39 is 0 Å². The summed E-state index contributed by atoms with van der Waals surface area (Å²) in [5.41, 5.74) is 3.46. The van der Waals surface area contributed by atoms with E-state index in [0.717, 1.165) is 41.9 Å². The molecular weight excluding hydrogens is 336 g/mol. The number of rotatable bonds is 3. The minimum atomic E-state index is -0.0714. The maximum Gasteiger partial charge on any atom is 0.170 e. The van der Waals surface area contributed by atoms with Gasteiger partial charge in [-0.15, -0.1) is 0 Å². The molecule has 1 saturated carbocycles. The van der Waals surface area contributed by atoms with Crippen molar-refractivity contribution in [1.29, 1.82) is 0 Å². The van der Waals surface area contributed by atoms with Gasteiger partial charge in [0.2, 0.25) is 0 Å². The molecule has 0 amide bonds. The lowest BCUT2D eigenvalue weighted by atomic mass is 9.56. The molecule has 0 aliphatic heterocycles. The molecule has 0 saturated heterocycles. The van der Waals surface area contributed by atoms with E-state index in [1.165, 1.54) is 5.56 Å². The van der Waals surface area contributed by atoms with E-state index in [4.69, 9.17) is 9.47 Å². The standard InChI is InChI=1S/C24H28O3/c1-24(2)12-11-18-21(14-24)20-13-17(27-4)9-10-19(20)23(25)22(18)15-5-7-16(26-3)8-6-15/h5-10,13,18,21-22H,11-12,14H2,1-4H3/t18-,21+,22?/m0/s1. The predicted octanol–water partition coefficient (Wildman–Crippen LogP) is 5.59. The first-order valence-electron chi connectivity index (χ1n) is 9.79. The molecule has 3 nitrogen and oxygen atoms in total. The van der Waals surface area contributed by atoms with Gasteiger partial charge in [0.15, 0.2) is 5.78 Å². The van der Waals surface area contributed by atoms with Crippen LogP contribution in [0.2, 0.25) is 0 Å². The average Bonchev–Trinajstić information content (AvgIpc) is 2.68. The van der Waals surface area contributed by atoms with Gasteiger partial charge in [0.1, 0.15) is 11.5 Å². The van der Waals surface area contributed by atoms with Crippen LogP contribution in [-0.2, 0) is 0 Å². The van der Waals surface area contributed by atoms with Crippen LogP contribution in [0.15, 0.2) is 42.5 Å². The fourth-order valence-electron chi connectivity index (χ4n) is 5.12. The third-order valence-electron chi connectivity index (χ3n) is 6.55. The Morgan fingerprint density at radius 1 is 0.963 bits per heavy atom. The van der Waals surface area contributed by atoms with E-state index in [2.05, 4.69) is 32.0 Å². The van der Waals surface area contributed by atoms with Crippen molar-refractivity contribution in [1.82, 2.24) is 0 Å². The van der Waals surface area contributed by atoms with Crippen LogP contribution in [0.3, 0.4) is 0 Å². The van der Waals surface area contributed by atoms with Crippen molar-refractivity contribution in [3.63, 3.8) is 0 Å². The number of ether oxygens (including phenoxy) is 2. The Morgan fingerprint density at radius 3 is 2.30 bits per heavy atom. The van der Waals surface area contributed by atoms with E-state index in [-0.39, 0.29) is 11.7 Å². The van der Waals surface area contributed by atoms with Gasteiger partial charge in [0, 0.05) is 5.56 Å². The summed E-state index contributed by atoms with van der Waals surface area (Å²) in [6.07, 6.45) is 3.35. The SMILES string of the molecule is COc1ccc(C2C(=O)c3ccc(OC)cc3[C@@H]3CC(C)(C)CC[C@H]23)cc1. The van der Waals surface area contributed by atoms with Crippen LogP contribution in [0.25, 0.3) is 0 Å². The fraction of sp³-hybridized carbons (Fsp3) is 0.458. The molecule has 1 fully saturated rings. The number of hydrogen-bond acceptors (Lipinski definition) is 3. The van der Waals surface area contributed by atoms with E-state index in [1.54, 1.807) is 14.2 Å². The van der Waals surface area contributed by atoms with E-state index >= 15 is 0 Å². The molecular formula is C24H28O3. The number of carbonyl (C=O) groups is 1. The number of Topliss-reactive ketones (excluding diaryl/α,β-unsaturated/α-hetero) is 1. The summed E-state index contributed by atoms with van der Waals surface area (Å²) in [4.78, 5) is 13.5. The molecule has 1 unspecified atom stereocenters. The molecule has 2 aromatic rings. The van der Waals surface area contributed by atoms with Crippen molar-refractivity contribution in [2.45, 2.75) is 44.9 Å². The Balaban J connectivity index is 1.82. The van der Waals surface area contributed by atoms with Gasteiger partial charge >= 0.3 is 0 Å². The summed E-state index contributed by atoms with van der Waals surface area (Å²) >= 11 is 0. The molecule has 0 N–H and O–H groups in total. The highest BCUT2D eigenvalue weighted by molar-refractivity contribution is 6.04. The van der Waals surface area contributed by atoms with Crippen LogP contribution < -0.4 is 9.47 Å². The number of ketones is 1. The van der Waals surface area contributed by atoms with Gasteiger partial charge in [-0.1, -0.05) is 26.0 Å². The highest BCUT2D eigenvalue weighted by Crippen LogP contribution is 2.56. The fourth-order valence-corrected chi connectivity index (χ4v) is 5.12. The number of hydrogen-bond donors (Lipinski definition) is 0. The molecule has 3 atom stereocenters. The van der Waals surface area contributed by atoms with Gasteiger partial charge in [0.25, 0.3) is 0 Å². The molecule has 0 bridgehead atoms. The van der Waals surface area contributed by atoms with Crippen molar-refractivity contribution in [3.8, 4) is 11.5 Å². The second-order valence-corrected chi connectivity index (χ2v) is 8.75. The van der Waals surface area contributed by atoms with Crippen LogP contribution in [0, 0.1) is 11.3 Å². The summed E-state index contributed by atoms with van der Waals surface area (Å²) < 4.78 is 10.8. The van der Waals surface area contributed by atoms with Crippen molar-refractivity contribution in [3.05, 3.63) is 59.2 Å². The van der Waals surface area contributed by atoms with Gasteiger partial charge in [-0.05, 0) is 78.0 Å². The van der Waals surface area contributed by atoms with Crippen LogP contribution >= 0.6 is 0 Å². The number of benzene rings is 2. The third-order valence-corrected chi connectivity index (χ3v) is 6.55. The van der Waals surface area contributed by atoms with Crippen molar-refractivity contribution in [2.24, 2.45) is 11.3 Å². The molecule has 0 heterocycles. The summed E-state index contributed by atoms with van der Waals surface area (Å²) in [6, 6.07) is 14.0. The van der Waals surface area contributed by atoms with Crippen LogP contribution in [-0.4, -0.2) is 20.0 Å². The third kappa shape index (κ3) is 3.13. The maximum atomic E-state index is 13.5. The van der Waals surface area contributed by atoms with Crippen LogP contribution in [0.1, 0.15) is 66.4 Å². The Kier molecular flexibility index (Phi) is 4.49. The molecule has 0 radical (unpaired) electrons. The van der Waals surface area contributed by atoms with Crippen molar-refractivity contribution >= 4 is 5.78 Å². The van der Waals surface area contributed by atoms with Gasteiger partial charge in [-0.3, -0.25) is 4.79 Å². The molecule has 0 spiro atoms. The van der Waals surface area contributed by atoms with Crippen molar-refractivity contribution in [2.75, 3.05) is 14.2 Å². The summed E-state index contributed by atoms with van der Waals surface area (Å²) in [5, 5.41) is 0. The van der Waals surface area contributed by atoms with Crippen LogP contribution in [0.5, 0.6) is 11.5 Å². The number of carbonyl (C=O) groups excluding carboxylic acids is 1. The Morgan fingerprint density at radius 2 is 1.63 bits per heavy atom. The highest BCUT2D eigenvalue weighted by Gasteiger charge is 2.47. The number of methoxy groups -OCH3 is 2. The lowest BCUT2D eigenvalue weighted by Gasteiger charge is -2.47. The monoisotopic (exact) mass is 364 g/mol. The first kappa shape index (κ1) is 18.1. The second-order valence-electron chi connectivity index (χ2n) is 8.75. The molecule has 142 valence electrons. The lowest BCUT2D eigenvalue weighted by Crippen LogP contribution is -2.39. The summed E-state index contributed by atoms with van der Waals surface area (Å²) in [5.74, 6) is 2.58. The molecule has 2 aromatic carbocycles. The minimum absolute atomic E-state index is 0.0714. The zero-order valence-corrected chi connectivity index (χ0v) is 16.6. The van der Waals surface area contributed by atoms with E-state index in [9.17, 15) is 4.79 Å². The van der Waals surface area contributed by atoms with Crippen LogP contribution in [0.4, 0.5) is 0 Å². The molecule has 0 aromatic heterocycles. The molecule has 3 heteroatoms. The highest BCUT2D eigenvalue weighted by atomic mass is 16.5. The van der Waals surface area contributed by atoms with Gasteiger partial charge in [-0.2, -0.15) is 0 Å². The quantitative estimate of drug-likeness (QED) is 0.712.